The fourth-order valence-corrected chi connectivity index (χ4v) is 4.16. The van der Waals surface area contributed by atoms with E-state index in [-0.39, 0.29) is 10.8 Å². The second-order valence-corrected chi connectivity index (χ2v) is 6.97. The Labute approximate surface area is 116 Å². The number of hydrogen-bond donors (Lipinski definition) is 1. The zero-order valence-electron chi connectivity index (χ0n) is 12.0. The molecule has 2 saturated carbocycles. The first-order valence-electron chi connectivity index (χ1n) is 7.20. The van der Waals surface area contributed by atoms with Gasteiger partial charge < -0.3 is 5.11 Å². The Morgan fingerprint density at radius 2 is 1.84 bits per heavy atom. The van der Waals surface area contributed by atoms with Crippen LogP contribution in [0.25, 0.3) is 0 Å². The summed E-state index contributed by atoms with van der Waals surface area (Å²) < 4.78 is 0. The summed E-state index contributed by atoms with van der Waals surface area (Å²) in [5, 5.41) is 11.1. The van der Waals surface area contributed by atoms with Gasteiger partial charge in [-0.2, -0.15) is 0 Å². The minimum absolute atomic E-state index is 0.0769. The first-order valence-corrected chi connectivity index (χ1v) is 7.20. The van der Waals surface area contributed by atoms with Gasteiger partial charge in [0.25, 0.3) is 0 Å². The number of benzene rings is 1. The Kier molecular flexibility index (Phi) is 2.60. The summed E-state index contributed by atoms with van der Waals surface area (Å²) in [7, 11) is 0. The van der Waals surface area contributed by atoms with Crippen molar-refractivity contribution in [2.45, 2.75) is 45.6 Å². The Morgan fingerprint density at radius 1 is 1.16 bits per heavy atom. The molecular weight excluding hydrogens is 232 g/mol. The Bertz CT molecular complexity index is 548. The van der Waals surface area contributed by atoms with Gasteiger partial charge in [-0.05, 0) is 42.7 Å². The molecule has 2 fully saturated rings. The Hall–Kier alpha value is -1.26. The van der Waals surface area contributed by atoms with Crippen LogP contribution < -0.4 is 0 Å². The van der Waals surface area contributed by atoms with Crippen LogP contribution in [0.5, 0.6) is 0 Å². The van der Waals surface area contributed by atoms with Gasteiger partial charge in [0.1, 0.15) is 5.60 Å². The molecule has 1 aromatic rings. The van der Waals surface area contributed by atoms with E-state index in [9.17, 15) is 5.11 Å². The average Bonchev–Trinajstić information content (AvgIpc) is 2.70. The minimum atomic E-state index is -0.824. The molecule has 0 unspecified atom stereocenters. The van der Waals surface area contributed by atoms with Crippen LogP contribution in [0.1, 0.15) is 45.6 Å². The molecule has 2 aliphatic rings. The molecule has 1 aromatic carbocycles. The minimum Gasteiger partial charge on any atom is -0.377 e. The van der Waals surface area contributed by atoms with Gasteiger partial charge in [-0.1, -0.05) is 50.8 Å². The molecule has 1 N–H and O–H groups in total. The highest BCUT2D eigenvalue weighted by Gasteiger charge is 2.68. The molecule has 19 heavy (non-hydrogen) atoms. The number of aliphatic hydroxyl groups is 1. The predicted octanol–water partition coefficient (Wildman–Crippen LogP) is 3.62. The van der Waals surface area contributed by atoms with E-state index in [1.807, 2.05) is 30.3 Å². The van der Waals surface area contributed by atoms with Gasteiger partial charge in [-0.15, -0.1) is 0 Å². The van der Waals surface area contributed by atoms with Crippen LogP contribution >= 0.6 is 0 Å². The molecule has 3 rings (SSSR count). The van der Waals surface area contributed by atoms with E-state index in [0.717, 1.165) is 18.4 Å². The molecule has 0 aromatic heterocycles. The van der Waals surface area contributed by atoms with Crippen molar-refractivity contribution in [3.63, 3.8) is 0 Å². The van der Waals surface area contributed by atoms with Crippen molar-refractivity contribution < 1.29 is 5.11 Å². The lowest BCUT2D eigenvalue weighted by Crippen LogP contribution is -2.46. The fourth-order valence-electron chi connectivity index (χ4n) is 4.16. The van der Waals surface area contributed by atoms with E-state index in [1.165, 1.54) is 6.42 Å². The van der Waals surface area contributed by atoms with Crippen LogP contribution in [-0.2, 0) is 0 Å². The highest BCUT2D eigenvalue weighted by Crippen LogP contribution is 2.69. The molecule has 0 aliphatic heterocycles. The summed E-state index contributed by atoms with van der Waals surface area (Å²) in [5.74, 6) is 6.99. The average molecular weight is 254 g/mol. The van der Waals surface area contributed by atoms with Gasteiger partial charge >= 0.3 is 0 Å². The standard InChI is InChI=1S/C18H22O/c1-16(2)15-10-11-17(16,3)18(19,13-15)12-9-14-7-5-4-6-8-14/h4-8,15,19H,10-11,13H2,1-3H3/t15-,17-,18-/m1/s1. The topological polar surface area (TPSA) is 20.2 Å². The molecular formula is C18H22O. The highest BCUT2D eigenvalue weighted by atomic mass is 16.3. The summed E-state index contributed by atoms with van der Waals surface area (Å²) in [6.45, 7) is 6.82. The van der Waals surface area contributed by atoms with Crippen LogP contribution in [0, 0.1) is 28.6 Å². The summed E-state index contributed by atoms with van der Waals surface area (Å²) in [5.41, 5.74) is 0.273. The van der Waals surface area contributed by atoms with Gasteiger partial charge in [-0.3, -0.25) is 0 Å². The van der Waals surface area contributed by atoms with Gasteiger partial charge in [0.15, 0.2) is 0 Å². The molecule has 1 nitrogen and oxygen atoms in total. The van der Waals surface area contributed by atoms with Gasteiger partial charge in [0.05, 0.1) is 0 Å². The summed E-state index contributed by atoms with van der Waals surface area (Å²) in [4.78, 5) is 0. The zero-order chi connectivity index (χ0) is 13.7. The van der Waals surface area contributed by atoms with Gasteiger partial charge in [-0.25, -0.2) is 0 Å². The maximum Gasteiger partial charge on any atom is 0.131 e. The molecule has 1 heteroatoms. The van der Waals surface area contributed by atoms with Crippen molar-refractivity contribution in [1.29, 1.82) is 0 Å². The Morgan fingerprint density at radius 3 is 2.37 bits per heavy atom. The molecule has 100 valence electrons. The number of hydrogen-bond acceptors (Lipinski definition) is 1. The smallest absolute Gasteiger partial charge is 0.131 e. The van der Waals surface area contributed by atoms with Gasteiger partial charge in [0, 0.05) is 11.0 Å². The van der Waals surface area contributed by atoms with Crippen molar-refractivity contribution in [1.82, 2.24) is 0 Å². The van der Waals surface area contributed by atoms with Crippen molar-refractivity contribution >= 4 is 0 Å². The molecule has 2 aliphatic carbocycles. The van der Waals surface area contributed by atoms with Crippen LogP contribution in [0.3, 0.4) is 0 Å². The van der Waals surface area contributed by atoms with Crippen molar-refractivity contribution in [2.24, 2.45) is 16.7 Å². The molecule has 2 bridgehead atoms. The van der Waals surface area contributed by atoms with E-state index < -0.39 is 5.60 Å². The maximum atomic E-state index is 11.1. The largest absolute Gasteiger partial charge is 0.377 e. The second kappa shape index (κ2) is 3.87. The normalized spacial score (nSPS) is 38.8. The summed E-state index contributed by atoms with van der Waals surface area (Å²) >= 11 is 0. The molecule has 0 spiro atoms. The van der Waals surface area contributed by atoms with Crippen LogP contribution in [0.15, 0.2) is 30.3 Å². The van der Waals surface area contributed by atoms with Crippen molar-refractivity contribution in [3.8, 4) is 11.8 Å². The van der Waals surface area contributed by atoms with Crippen LogP contribution in [0.4, 0.5) is 0 Å². The number of rotatable bonds is 0. The van der Waals surface area contributed by atoms with Crippen LogP contribution in [-0.4, -0.2) is 10.7 Å². The molecule has 3 atom stereocenters. The first kappa shape index (κ1) is 12.8. The predicted molar refractivity (Wildman–Crippen MR) is 77.5 cm³/mol. The lowest BCUT2D eigenvalue weighted by Gasteiger charge is -2.42. The molecule has 0 heterocycles. The second-order valence-electron chi connectivity index (χ2n) is 6.97. The lowest BCUT2D eigenvalue weighted by atomic mass is 9.64. The Balaban J connectivity index is 1.97. The van der Waals surface area contributed by atoms with Crippen molar-refractivity contribution in [2.75, 3.05) is 0 Å². The lowest BCUT2D eigenvalue weighted by molar-refractivity contribution is -0.0432. The molecule has 0 amide bonds. The highest BCUT2D eigenvalue weighted by molar-refractivity contribution is 5.39. The van der Waals surface area contributed by atoms with E-state index in [2.05, 4.69) is 32.6 Å². The molecule has 0 saturated heterocycles. The third-order valence-corrected chi connectivity index (χ3v) is 6.08. The summed E-state index contributed by atoms with van der Waals surface area (Å²) in [6, 6.07) is 9.96. The third-order valence-electron chi connectivity index (χ3n) is 6.08. The first-order chi connectivity index (χ1) is 8.89. The quantitative estimate of drug-likeness (QED) is 0.701. The van der Waals surface area contributed by atoms with E-state index in [4.69, 9.17) is 0 Å². The number of fused-ring (bicyclic) bond motifs is 2. The molecule has 0 radical (unpaired) electrons. The maximum absolute atomic E-state index is 11.1. The zero-order valence-corrected chi connectivity index (χ0v) is 12.0. The van der Waals surface area contributed by atoms with E-state index in [0.29, 0.717) is 5.92 Å². The van der Waals surface area contributed by atoms with E-state index >= 15 is 0 Å². The SMILES string of the molecule is CC1(C)[C@@H]2CC[C@@]1(C)[C@@](O)(C#Cc1ccccc1)C2. The van der Waals surface area contributed by atoms with Crippen LogP contribution in [0.2, 0.25) is 0 Å². The monoisotopic (exact) mass is 254 g/mol. The van der Waals surface area contributed by atoms with E-state index in [1.54, 1.807) is 0 Å². The van der Waals surface area contributed by atoms with Crippen molar-refractivity contribution in [3.05, 3.63) is 35.9 Å². The summed E-state index contributed by atoms with van der Waals surface area (Å²) in [6.07, 6.45) is 3.15. The fraction of sp³-hybridized carbons (Fsp3) is 0.556. The third kappa shape index (κ3) is 1.60. The van der Waals surface area contributed by atoms with Gasteiger partial charge in [0.2, 0.25) is 0 Å².